The number of nitrogens with zero attached hydrogens (tertiary/aromatic N) is 1. The number of carbonyl (C=O) groups is 1. The minimum absolute atomic E-state index is 0.134. The summed E-state index contributed by atoms with van der Waals surface area (Å²) in [6, 6.07) is 11.3. The normalized spacial score (nSPS) is 15.2. The van der Waals surface area contributed by atoms with E-state index < -0.39 is 0 Å². The topological polar surface area (TPSA) is 63.2 Å². The third-order valence-corrected chi connectivity index (χ3v) is 6.19. The second-order valence-corrected chi connectivity index (χ2v) is 8.35. The lowest BCUT2D eigenvalue weighted by Gasteiger charge is -2.26. The highest BCUT2D eigenvalue weighted by Crippen LogP contribution is 2.28. The van der Waals surface area contributed by atoms with Crippen LogP contribution in [0.5, 0.6) is 5.75 Å². The van der Waals surface area contributed by atoms with E-state index in [2.05, 4.69) is 15.6 Å². The molecular weight excluding hydrogens is 394 g/mol. The summed E-state index contributed by atoms with van der Waals surface area (Å²) in [5.41, 5.74) is 1.67. The number of carbonyl (C=O) groups excluding carboxylic acids is 1. The van der Waals surface area contributed by atoms with Crippen molar-refractivity contribution < 1.29 is 9.53 Å². The number of benzene rings is 1. The predicted octanol–water partition coefficient (Wildman–Crippen LogP) is 4.67. The average molecular weight is 426 g/mol. The SMILES string of the molecule is COc1ccc(CNC(=S)[C@@H](CCC2CCCCC2)NC(=O)c2cccnc2)cc1. The molecule has 2 N–H and O–H groups in total. The van der Waals surface area contributed by atoms with Gasteiger partial charge in [-0.3, -0.25) is 9.78 Å². The third kappa shape index (κ3) is 6.80. The summed E-state index contributed by atoms with van der Waals surface area (Å²) in [6.07, 6.45) is 11.7. The monoisotopic (exact) mass is 425 g/mol. The molecule has 5 nitrogen and oxygen atoms in total. The molecule has 1 heterocycles. The molecule has 1 atom stereocenters. The van der Waals surface area contributed by atoms with Gasteiger partial charge in [0.15, 0.2) is 0 Å². The van der Waals surface area contributed by atoms with Crippen LogP contribution in [0.15, 0.2) is 48.8 Å². The summed E-state index contributed by atoms with van der Waals surface area (Å²) in [6.45, 7) is 0.617. The molecule has 1 saturated carbocycles. The zero-order chi connectivity index (χ0) is 21.2. The Balaban J connectivity index is 1.60. The first-order valence-corrected chi connectivity index (χ1v) is 11.2. The van der Waals surface area contributed by atoms with E-state index in [9.17, 15) is 4.79 Å². The van der Waals surface area contributed by atoms with E-state index in [0.29, 0.717) is 17.1 Å². The van der Waals surface area contributed by atoms with Gasteiger partial charge in [0.2, 0.25) is 0 Å². The summed E-state index contributed by atoms with van der Waals surface area (Å²) in [5, 5.41) is 6.47. The molecule has 0 bridgehead atoms. The first-order chi connectivity index (χ1) is 14.7. The lowest BCUT2D eigenvalue weighted by molar-refractivity contribution is 0.0943. The quantitative estimate of drug-likeness (QED) is 0.572. The Kier molecular flexibility index (Phi) is 8.63. The molecule has 3 rings (SSSR count). The summed E-state index contributed by atoms with van der Waals surface area (Å²) >= 11 is 5.69. The lowest BCUT2D eigenvalue weighted by Crippen LogP contribution is -2.45. The van der Waals surface area contributed by atoms with Gasteiger partial charge in [-0.2, -0.15) is 0 Å². The number of rotatable bonds is 9. The Morgan fingerprint density at radius 1 is 1.20 bits per heavy atom. The van der Waals surface area contributed by atoms with E-state index in [0.717, 1.165) is 30.1 Å². The van der Waals surface area contributed by atoms with Gasteiger partial charge in [0.05, 0.1) is 23.7 Å². The third-order valence-electron chi connectivity index (χ3n) is 5.76. The Bertz CT molecular complexity index is 805. The molecule has 1 aliphatic carbocycles. The van der Waals surface area contributed by atoms with E-state index in [-0.39, 0.29) is 11.9 Å². The molecule has 1 amide bonds. The molecule has 0 saturated heterocycles. The van der Waals surface area contributed by atoms with Crippen LogP contribution in [0, 0.1) is 5.92 Å². The van der Waals surface area contributed by atoms with Crippen molar-refractivity contribution in [2.75, 3.05) is 7.11 Å². The van der Waals surface area contributed by atoms with E-state index in [1.54, 1.807) is 31.6 Å². The van der Waals surface area contributed by atoms with Gasteiger partial charge in [-0.15, -0.1) is 0 Å². The minimum atomic E-state index is -0.187. The standard InChI is InChI=1S/C24H31N3O2S/c1-29-21-12-9-19(10-13-21)16-26-24(30)22(14-11-18-6-3-2-4-7-18)27-23(28)20-8-5-15-25-17-20/h5,8-10,12-13,15,17-18,22H,2-4,6-7,11,14,16H2,1H3,(H,26,30)(H,27,28)/t22-/m1/s1. The van der Waals surface area contributed by atoms with Crippen LogP contribution < -0.4 is 15.4 Å². The van der Waals surface area contributed by atoms with Crippen molar-refractivity contribution in [2.24, 2.45) is 5.92 Å². The first-order valence-electron chi connectivity index (χ1n) is 10.8. The smallest absolute Gasteiger partial charge is 0.253 e. The zero-order valence-electron chi connectivity index (χ0n) is 17.6. The van der Waals surface area contributed by atoms with Crippen molar-refractivity contribution in [2.45, 2.75) is 57.5 Å². The Labute approximate surface area is 184 Å². The second-order valence-electron chi connectivity index (χ2n) is 7.92. The zero-order valence-corrected chi connectivity index (χ0v) is 18.4. The number of pyridine rings is 1. The number of nitrogens with one attached hydrogen (secondary N) is 2. The van der Waals surface area contributed by atoms with E-state index in [1.807, 2.05) is 24.3 Å². The van der Waals surface area contributed by atoms with Crippen LogP contribution in [-0.4, -0.2) is 29.0 Å². The molecule has 0 radical (unpaired) electrons. The van der Waals surface area contributed by atoms with Crippen LogP contribution in [0.25, 0.3) is 0 Å². The molecule has 160 valence electrons. The molecule has 1 aromatic heterocycles. The molecule has 6 heteroatoms. The molecule has 1 aromatic carbocycles. The number of aromatic nitrogens is 1. The van der Waals surface area contributed by atoms with Gasteiger partial charge in [0.1, 0.15) is 5.75 Å². The first kappa shape index (κ1) is 22.2. The summed E-state index contributed by atoms with van der Waals surface area (Å²) in [5.74, 6) is 1.43. The van der Waals surface area contributed by atoms with Crippen molar-refractivity contribution in [3.05, 3.63) is 59.9 Å². The highest BCUT2D eigenvalue weighted by molar-refractivity contribution is 7.80. The molecule has 1 aliphatic rings. The number of methoxy groups -OCH3 is 1. The van der Waals surface area contributed by atoms with Crippen LogP contribution in [0.2, 0.25) is 0 Å². The van der Waals surface area contributed by atoms with Crippen LogP contribution in [-0.2, 0) is 6.54 Å². The fourth-order valence-corrected chi connectivity index (χ4v) is 4.19. The van der Waals surface area contributed by atoms with Crippen molar-refractivity contribution in [1.29, 1.82) is 0 Å². The van der Waals surface area contributed by atoms with Gasteiger partial charge in [-0.25, -0.2) is 0 Å². The largest absolute Gasteiger partial charge is 0.497 e. The Morgan fingerprint density at radius 2 is 1.97 bits per heavy atom. The highest BCUT2D eigenvalue weighted by Gasteiger charge is 2.21. The van der Waals surface area contributed by atoms with Crippen LogP contribution in [0.4, 0.5) is 0 Å². The van der Waals surface area contributed by atoms with E-state index in [4.69, 9.17) is 17.0 Å². The fourth-order valence-electron chi connectivity index (χ4n) is 3.94. The minimum Gasteiger partial charge on any atom is -0.497 e. The molecule has 1 fully saturated rings. The maximum absolute atomic E-state index is 12.7. The maximum atomic E-state index is 12.7. The highest BCUT2D eigenvalue weighted by atomic mass is 32.1. The average Bonchev–Trinajstić information content (AvgIpc) is 2.81. The number of hydrogen-bond donors (Lipinski definition) is 2. The van der Waals surface area contributed by atoms with Crippen LogP contribution in [0.1, 0.15) is 60.9 Å². The molecule has 0 aliphatic heterocycles. The number of amides is 1. The number of ether oxygens (including phenoxy) is 1. The lowest BCUT2D eigenvalue weighted by atomic mass is 9.85. The Hall–Kier alpha value is -2.47. The van der Waals surface area contributed by atoms with Crippen molar-refractivity contribution in [3.63, 3.8) is 0 Å². The Morgan fingerprint density at radius 3 is 2.63 bits per heavy atom. The molecule has 2 aromatic rings. The molecule has 0 spiro atoms. The number of thiocarbonyl (C=S) groups is 1. The van der Waals surface area contributed by atoms with Crippen molar-refractivity contribution in [3.8, 4) is 5.75 Å². The van der Waals surface area contributed by atoms with Crippen LogP contribution >= 0.6 is 12.2 Å². The summed E-state index contributed by atoms with van der Waals surface area (Å²) in [7, 11) is 1.66. The van der Waals surface area contributed by atoms with Gasteiger partial charge in [0.25, 0.3) is 5.91 Å². The van der Waals surface area contributed by atoms with Crippen molar-refractivity contribution in [1.82, 2.24) is 15.6 Å². The van der Waals surface area contributed by atoms with Gasteiger partial charge < -0.3 is 15.4 Å². The predicted molar refractivity (Wildman–Crippen MR) is 124 cm³/mol. The molecule has 30 heavy (non-hydrogen) atoms. The molecule has 0 unspecified atom stereocenters. The van der Waals surface area contributed by atoms with Gasteiger partial charge in [-0.05, 0) is 48.6 Å². The van der Waals surface area contributed by atoms with E-state index >= 15 is 0 Å². The van der Waals surface area contributed by atoms with Gasteiger partial charge in [-0.1, -0.05) is 56.5 Å². The number of hydrogen-bond acceptors (Lipinski definition) is 4. The summed E-state index contributed by atoms with van der Waals surface area (Å²) < 4.78 is 5.21. The van der Waals surface area contributed by atoms with Gasteiger partial charge in [0, 0.05) is 18.9 Å². The maximum Gasteiger partial charge on any atom is 0.253 e. The second kappa shape index (κ2) is 11.6. The van der Waals surface area contributed by atoms with Crippen molar-refractivity contribution >= 4 is 23.1 Å². The molecular formula is C24H31N3O2S. The summed E-state index contributed by atoms with van der Waals surface area (Å²) in [4.78, 5) is 17.4. The van der Waals surface area contributed by atoms with E-state index in [1.165, 1.54) is 32.1 Å². The van der Waals surface area contributed by atoms with Gasteiger partial charge >= 0.3 is 0 Å². The van der Waals surface area contributed by atoms with Crippen LogP contribution in [0.3, 0.4) is 0 Å². The fraction of sp³-hybridized carbons (Fsp3) is 0.458.